The van der Waals surface area contributed by atoms with E-state index in [-0.39, 0.29) is 24.2 Å². The van der Waals surface area contributed by atoms with Crippen LogP contribution in [0.2, 0.25) is 0 Å². The van der Waals surface area contributed by atoms with Crippen LogP contribution >= 0.6 is 0 Å². The Hall–Kier alpha value is -3.81. The maximum absolute atomic E-state index is 15.0. The van der Waals surface area contributed by atoms with Gasteiger partial charge in [-0.1, -0.05) is 23.4 Å². The summed E-state index contributed by atoms with van der Waals surface area (Å²) in [4.78, 5) is 23.4. The first-order chi connectivity index (χ1) is 16.6. The van der Waals surface area contributed by atoms with Crippen molar-refractivity contribution in [3.63, 3.8) is 0 Å². The molecule has 2 aromatic heterocycles. The predicted molar refractivity (Wildman–Crippen MR) is 125 cm³/mol. The van der Waals surface area contributed by atoms with E-state index in [1.807, 2.05) is 35.2 Å². The van der Waals surface area contributed by atoms with Gasteiger partial charge in [-0.25, -0.2) is 14.4 Å². The van der Waals surface area contributed by atoms with Crippen LogP contribution in [0.4, 0.5) is 10.2 Å². The Labute approximate surface area is 196 Å². The molecule has 0 spiro atoms. The summed E-state index contributed by atoms with van der Waals surface area (Å²) in [5.41, 5.74) is 2.96. The highest BCUT2D eigenvalue weighted by Gasteiger charge is 2.33. The standard InChI is InChI=1S/C26H24FN5O2/c27-23-12-18(11-22-25(23)28-15-29-26(22)31-19-4-5-19)17-3-1-2-16(10-17)14-32(20-6-7-20)24(33)13-21-8-9-30-34-21/h1-3,8-12,15,19-20H,4-7,13-14H2,(H,28,29,31). The quantitative estimate of drug-likeness (QED) is 0.412. The molecule has 2 saturated carbocycles. The Bertz CT molecular complexity index is 1350. The number of amides is 1. The van der Waals surface area contributed by atoms with Crippen LogP contribution in [0, 0.1) is 5.82 Å². The molecular formula is C26H24FN5O2. The van der Waals surface area contributed by atoms with E-state index in [9.17, 15) is 9.18 Å². The molecule has 2 aromatic carbocycles. The molecule has 34 heavy (non-hydrogen) atoms. The number of hydrogen-bond acceptors (Lipinski definition) is 6. The number of nitrogens with one attached hydrogen (secondary N) is 1. The van der Waals surface area contributed by atoms with Crippen LogP contribution in [0.15, 0.2) is 59.5 Å². The van der Waals surface area contributed by atoms with Crippen LogP contribution in [0.1, 0.15) is 37.0 Å². The third kappa shape index (κ3) is 4.35. The largest absolute Gasteiger partial charge is 0.367 e. The number of nitrogens with zero attached hydrogens (tertiary/aromatic N) is 4. The van der Waals surface area contributed by atoms with E-state index in [2.05, 4.69) is 20.4 Å². The van der Waals surface area contributed by atoms with Crippen molar-refractivity contribution in [2.75, 3.05) is 5.32 Å². The number of aromatic nitrogens is 3. The van der Waals surface area contributed by atoms with Gasteiger partial charge in [0.1, 0.15) is 29.2 Å². The highest BCUT2D eigenvalue weighted by molar-refractivity contribution is 5.93. The summed E-state index contributed by atoms with van der Waals surface area (Å²) >= 11 is 0. The lowest BCUT2D eigenvalue weighted by atomic mass is 10.0. The van der Waals surface area contributed by atoms with Gasteiger partial charge >= 0.3 is 0 Å². The molecule has 7 nitrogen and oxygen atoms in total. The molecule has 1 amide bonds. The molecule has 0 unspecified atom stereocenters. The number of rotatable bonds is 8. The van der Waals surface area contributed by atoms with Crippen molar-refractivity contribution in [1.82, 2.24) is 20.0 Å². The van der Waals surface area contributed by atoms with Crippen molar-refractivity contribution >= 4 is 22.6 Å². The molecule has 2 aliphatic rings. The number of carbonyl (C=O) groups is 1. The van der Waals surface area contributed by atoms with Gasteiger partial charge < -0.3 is 14.7 Å². The van der Waals surface area contributed by atoms with Crippen molar-refractivity contribution in [3.05, 3.63) is 72.1 Å². The summed E-state index contributed by atoms with van der Waals surface area (Å²) < 4.78 is 20.1. The van der Waals surface area contributed by atoms with Gasteiger partial charge in [-0.3, -0.25) is 4.79 Å². The van der Waals surface area contributed by atoms with Crippen molar-refractivity contribution in [3.8, 4) is 11.1 Å². The average molecular weight is 458 g/mol. The molecule has 0 aliphatic heterocycles. The van der Waals surface area contributed by atoms with E-state index in [1.54, 1.807) is 12.3 Å². The monoisotopic (exact) mass is 457 g/mol. The zero-order valence-electron chi connectivity index (χ0n) is 18.6. The summed E-state index contributed by atoms with van der Waals surface area (Å²) in [6.07, 6.45) is 7.36. The molecule has 2 fully saturated rings. The number of fused-ring (bicyclic) bond motifs is 1. The lowest BCUT2D eigenvalue weighted by molar-refractivity contribution is -0.132. The molecule has 2 aliphatic carbocycles. The fourth-order valence-electron chi connectivity index (χ4n) is 4.26. The van der Waals surface area contributed by atoms with Crippen LogP contribution in [-0.2, 0) is 17.8 Å². The first-order valence-electron chi connectivity index (χ1n) is 11.6. The third-order valence-electron chi connectivity index (χ3n) is 6.35. The summed E-state index contributed by atoms with van der Waals surface area (Å²) in [5, 5.41) is 7.74. The highest BCUT2D eigenvalue weighted by Crippen LogP contribution is 2.33. The Morgan fingerprint density at radius 3 is 2.74 bits per heavy atom. The molecule has 8 heteroatoms. The zero-order valence-corrected chi connectivity index (χ0v) is 18.6. The average Bonchev–Trinajstić information content (AvgIpc) is 3.78. The minimum Gasteiger partial charge on any atom is -0.367 e. The van der Waals surface area contributed by atoms with E-state index in [0.29, 0.717) is 35.1 Å². The molecule has 0 radical (unpaired) electrons. The molecule has 0 saturated heterocycles. The highest BCUT2D eigenvalue weighted by atomic mass is 19.1. The van der Waals surface area contributed by atoms with Crippen molar-refractivity contribution in [2.45, 2.75) is 50.7 Å². The van der Waals surface area contributed by atoms with Crippen LogP contribution in [0.5, 0.6) is 0 Å². The fraction of sp³-hybridized carbons (Fsp3) is 0.308. The second-order valence-corrected chi connectivity index (χ2v) is 9.10. The molecule has 6 rings (SSSR count). The number of hydrogen-bond donors (Lipinski definition) is 1. The van der Waals surface area contributed by atoms with Crippen molar-refractivity contribution in [1.29, 1.82) is 0 Å². The van der Waals surface area contributed by atoms with E-state index in [1.165, 1.54) is 12.4 Å². The molecule has 0 atom stereocenters. The second-order valence-electron chi connectivity index (χ2n) is 9.10. The summed E-state index contributed by atoms with van der Waals surface area (Å²) in [7, 11) is 0. The van der Waals surface area contributed by atoms with E-state index < -0.39 is 0 Å². The lowest BCUT2D eigenvalue weighted by Gasteiger charge is -2.22. The maximum Gasteiger partial charge on any atom is 0.230 e. The van der Waals surface area contributed by atoms with E-state index in [4.69, 9.17) is 4.52 Å². The normalized spacial score (nSPS) is 15.4. The number of halogens is 1. The Kier molecular flexibility index (Phi) is 5.20. The Morgan fingerprint density at radius 1 is 1.09 bits per heavy atom. The summed E-state index contributed by atoms with van der Waals surface area (Å²) in [6, 6.07) is 13.8. The van der Waals surface area contributed by atoms with Gasteiger partial charge in [-0.15, -0.1) is 0 Å². The van der Waals surface area contributed by atoms with Crippen LogP contribution in [0.25, 0.3) is 22.0 Å². The second kappa shape index (κ2) is 8.52. The predicted octanol–water partition coefficient (Wildman–Crippen LogP) is 4.73. The van der Waals surface area contributed by atoms with Crippen LogP contribution in [0.3, 0.4) is 0 Å². The van der Waals surface area contributed by atoms with E-state index in [0.717, 1.165) is 42.4 Å². The lowest BCUT2D eigenvalue weighted by Crippen LogP contribution is -2.33. The molecule has 2 heterocycles. The van der Waals surface area contributed by atoms with Crippen LogP contribution in [-0.4, -0.2) is 38.0 Å². The van der Waals surface area contributed by atoms with Crippen LogP contribution < -0.4 is 5.32 Å². The summed E-state index contributed by atoms with van der Waals surface area (Å²) in [6.45, 7) is 0.499. The topological polar surface area (TPSA) is 84.2 Å². The van der Waals surface area contributed by atoms with Gasteiger partial charge in [-0.2, -0.15) is 0 Å². The first kappa shape index (κ1) is 20.8. The first-order valence-corrected chi connectivity index (χ1v) is 11.6. The fourth-order valence-corrected chi connectivity index (χ4v) is 4.26. The Morgan fingerprint density at radius 2 is 1.97 bits per heavy atom. The molecule has 0 bridgehead atoms. The third-order valence-corrected chi connectivity index (χ3v) is 6.35. The minimum atomic E-state index is -0.374. The number of anilines is 1. The Balaban J connectivity index is 1.29. The van der Waals surface area contributed by atoms with Gasteiger partial charge in [0.05, 0.1) is 12.6 Å². The number of benzene rings is 2. The zero-order chi connectivity index (χ0) is 23.1. The van der Waals surface area contributed by atoms with Gasteiger partial charge in [0, 0.05) is 30.1 Å². The van der Waals surface area contributed by atoms with Gasteiger partial charge in [0.15, 0.2) is 0 Å². The van der Waals surface area contributed by atoms with Crippen molar-refractivity contribution < 1.29 is 13.7 Å². The van der Waals surface area contributed by atoms with Gasteiger partial charge in [0.2, 0.25) is 5.91 Å². The van der Waals surface area contributed by atoms with Gasteiger partial charge in [0.25, 0.3) is 0 Å². The van der Waals surface area contributed by atoms with Gasteiger partial charge in [-0.05, 0) is 60.6 Å². The van der Waals surface area contributed by atoms with E-state index >= 15 is 0 Å². The maximum atomic E-state index is 15.0. The SMILES string of the molecule is O=C(Cc1ccno1)N(Cc1cccc(-c2cc(F)c3ncnc(NC4CC4)c3c2)c1)C1CC1. The van der Waals surface area contributed by atoms with Crippen molar-refractivity contribution in [2.24, 2.45) is 0 Å². The molecule has 172 valence electrons. The molecule has 4 aromatic rings. The smallest absolute Gasteiger partial charge is 0.230 e. The minimum absolute atomic E-state index is 0.0225. The molecule has 1 N–H and O–H groups in total. The summed E-state index contributed by atoms with van der Waals surface area (Å²) in [5.74, 6) is 0.881. The number of carbonyl (C=O) groups excluding carboxylic acids is 1. The molecular weight excluding hydrogens is 433 g/mol.